The molecule has 0 aliphatic heterocycles. The Kier molecular flexibility index (Phi) is 6.38. The second-order valence-electron chi connectivity index (χ2n) is 5.96. The zero-order valence-electron chi connectivity index (χ0n) is 15.3. The van der Waals surface area contributed by atoms with Gasteiger partial charge in [-0.15, -0.1) is 0 Å². The molecule has 0 radical (unpaired) electrons. The topological polar surface area (TPSA) is 84.1 Å². The molecule has 0 saturated carbocycles. The van der Waals surface area contributed by atoms with Gasteiger partial charge in [0.2, 0.25) is 5.91 Å². The van der Waals surface area contributed by atoms with E-state index in [4.69, 9.17) is 16.3 Å². The van der Waals surface area contributed by atoms with Gasteiger partial charge >= 0.3 is 0 Å². The molecule has 0 aliphatic rings. The molecule has 0 atom stereocenters. The van der Waals surface area contributed by atoms with Gasteiger partial charge in [0.15, 0.2) is 5.16 Å². The van der Waals surface area contributed by atoms with Gasteiger partial charge in [0.25, 0.3) is 5.56 Å². The van der Waals surface area contributed by atoms with Gasteiger partial charge in [-0.25, -0.2) is 4.98 Å². The Labute approximate surface area is 171 Å². The molecule has 8 heteroatoms. The fourth-order valence-electron chi connectivity index (χ4n) is 2.50. The maximum Gasteiger partial charge on any atom is 0.252 e. The molecule has 2 aromatic carbocycles. The third-order valence-electron chi connectivity index (χ3n) is 3.91. The summed E-state index contributed by atoms with van der Waals surface area (Å²) in [4.78, 5) is 31.3. The zero-order valence-corrected chi connectivity index (χ0v) is 16.9. The first kappa shape index (κ1) is 20.0. The number of nitrogens with zero attached hydrogens (tertiary/aromatic N) is 1. The second-order valence-corrected chi connectivity index (χ2v) is 7.36. The molecular weight excluding hydrogens is 398 g/mol. The highest BCUT2D eigenvalue weighted by molar-refractivity contribution is 7.99. The predicted molar refractivity (Wildman–Crippen MR) is 112 cm³/mol. The second kappa shape index (κ2) is 8.95. The fraction of sp³-hybridized carbons (Fsp3) is 0.150. The quantitative estimate of drug-likeness (QED) is 0.467. The Morgan fingerprint density at radius 1 is 1.21 bits per heavy atom. The summed E-state index contributed by atoms with van der Waals surface area (Å²) >= 11 is 7.08. The minimum atomic E-state index is -0.280. The summed E-state index contributed by atoms with van der Waals surface area (Å²) in [5.41, 5.74) is 2.61. The van der Waals surface area contributed by atoms with Crippen molar-refractivity contribution in [1.29, 1.82) is 0 Å². The van der Waals surface area contributed by atoms with Crippen molar-refractivity contribution in [1.82, 2.24) is 9.97 Å². The Balaban J connectivity index is 1.69. The Hall–Kier alpha value is -2.77. The van der Waals surface area contributed by atoms with E-state index in [-0.39, 0.29) is 17.2 Å². The van der Waals surface area contributed by atoms with E-state index in [2.05, 4.69) is 15.3 Å². The number of amides is 1. The van der Waals surface area contributed by atoms with Crippen LogP contribution >= 0.6 is 23.4 Å². The number of anilines is 1. The van der Waals surface area contributed by atoms with Gasteiger partial charge in [-0.2, -0.15) is 0 Å². The molecule has 0 fully saturated rings. The van der Waals surface area contributed by atoms with Crippen LogP contribution in [0.2, 0.25) is 5.02 Å². The normalized spacial score (nSPS) is 10.5. The summed E-state index contributed by atoms with van der Waals surface area (Å²) in [5.74, 6) is 0.627. The summed E-state index contributed by atoms with van der Waals surface area (Å²) in [6, 6.07) is 13.9. The average Bonchev–Trinajstić information content (AvgIpc) is 2.68. The van der Waals surface area contributed by atoms with Crippen molar-refractivity contribution in [2.45, 2.75) is 12.1 Å². The van der Waals surface area contributed by atoms with E-state index in [0.717, 1.165) is 28.6 Å². The lowest BCUT2D eigenvalue weighted by atomic mass is 10.1. The molecular formula is C20H18ClN3O3S. The van der Waals surface area contributed by atoms with Gasteiger partial charge in [0.05, 0.1) is 18.6 Å². The number of aromatic nitrogens is 2. The number of benzene rings is 2. The fourth-order valence-corrected chi connectivity index (χ4v) is 3.40. The van der Waals surface area contributed by atoms with Crippen molar-refractivity contribution in [2.24, 2.45) is 0 Å². The van der Waals surface area contributed by atoms with Gasteiger partial charge in [-0.1, -0.05) is 23.4 Å². The van der Waals surface area contributed by atoms with E-state index in [1.807, 2.05) is 19.1 Å². The van der Waals surface area contributed by atoms with Crippen molar-refractivity contribution < 1.29 is 9.53 Å². The van der Waals surface area contributed by atoms with Crippen LogP contribution < -0.4 is 15.6 Å². The van der Waals surface area contributed by atoms with Crippen LogP contribution in [-0.2, 0) is 4.79 Å². The Bertz CT molecular complexity index is 1050. The van der Waals surface area contributed by atoms with E-state index >= 15 is 0 Å². The molecule has 0 spiro atoms. The molecule has 1 aromatic heterocycles. The van der Waals surface area contributed by atoms with E-state index in [0.29, 0.717) is 21.6 Å². The highest BCUT2D eigenvalue weighted by Gasteiger charge is 2.09. The number of methoxy groups -OCH3 is 1. The maximum absolute atomic E-state index is 12.2. The zero-order chi connectivity index (χ0) is 20.1. The minimum absolute atomic E-state index is 0.108. The number of halogens is 1. The molecule has 0 bridgehead atoms. The Morgan fingerprint density at radius 3 is 2.64 bits per heavy atom. The summed E-state index contributed by atoms with van der Waals surface area (Å²) in [6.07, 6.45) is 0. The number of hydrogen-bond acceptors (Lipinski definition) is 5. The number of thioether (sulfide) groups is 1. The molecule has 28 heavy (non-hydrogen) atoms. The molecule has 3 rings (SSSR count). The molecule has 2 N–H and O–H groups in total. The number of nitrogens with one attached hydrogen (secondary N) is 2. The molecule has 144 valence electrons. The summed E-state index contributed by atoms with van der Waals surface area (Å²) < 4.78 is 5.14. The first-order valence-corrected chi connectivity index (χ1v) is 9.75. The number of aromatic amines is 1. The standard InChI is InChI=1S/C20H18ClN3O3S/c1-12-9-14(21)5-8-16(12)22-19(26)11-28-20-23-17(10-18(25)24-20)13-3-6-15(27-2)7-4-13/h3-10H,11H2,1-2H3,(H,22,26)(H,23,24,25). The van der Waals surface area contributed by atoms with E-state index in [1.54, 1.807) is 37.4 Å². The van der Waals surface area contributed by atoms with Crippen molar-refractivity contribution in [3.8, 4) is 17.0 Å². The molecule has 0 unspecified atom stereocenters. The number of H-pyrrole nitrogens is 1. The number of rotatable bonds is 6. The Morgan fingerprint density at radius 2 is 1.96 bits per heavy atom. The van der Waals surface area contributed by atoms with Crippen LogP contribution in [0, 0.1) is 6.92 Å². The van der Waals surface area contributed by atoms with E-state index < -0.39 is 0 Å². The number of carbonyl (C=O) groups excluding carboxylic acids is 1. The summed E-state index contributed by atoms with van der Waals surface area (Å²) in [5, 5.41) is 3.82. The molecule has 6 nitrogen and oxygen atoms in total. The predicted octanol–water partition coefficient (Wildman–Crippen LogP) is 4.14. The largest absolute Gasteiger partial charge is 0.497 e. The molecule has 0 saturated heterocycles. The summed E-state index contributed by atoms with van der Waals surface area (Å²) in [6.45, 7) is 1.87. The first-order valence-electron chi connectivity index (χ1n) is 8.39. The van der Waals surface area contributed by atoms with Gasteiger partial charge in [0, 0.05) is 22.3 Å². The number of carbonyl (C=O) groups is 1. The van der Waals surface area contributed by atoms with Crippen LogP contribution in [0.5, 0.6) is 5.75 Å². The minimum Gasteiger partial charge on any atom is -0.497 e. The number of aryl methyl sites for hydroxylation is 1. The van der Waals surface area contributed by atoms with Crippen LogP contribution in [-0.4, -0.2) is 28.7 Å². The lowest BCUT2D eigenvalue weighted by molar-refractivity contribution is -0.113. The third kappa shape index (κ3) is 5.15. The number of hydrogen-bond donors (Lipinski definition) is 2. The van der Waals surface area contributed by atoms with Gasteiger partial charge in [-0.3, -0.25) is 9.59 Å². The lowest BCUT2D eigenvalue weighted by Gasteiger charge is -2.09. The molecule has 3 aromatic rings. The van der Waals surface area contributed by atoms with Crippen LogP contribution in [0.4, 0.5) is 5.69 Å². The van der Waals surface area contributed by atoms with Crippen molar-refractivity contribution in [2.75, 3.05) is 18.2 Å². The van der Waals surface area contributed by atoms with Crippen LogP contribution in [0.3, 0.4) is 0 Å². The van der Waals surface area contributed by atoms with E-state index in [9.17, 15) is 9.59 Å². The highest BCUT2D eigenvalue weighted by Crippen LogP contribution is 2.23. The highest BCUT2D eigenvalue weighted by atomic mass is 35.5. The van der Waals surface area contributed by atoms with Gasteiger partial charge in [0.1, 0.15) is 5.75 Å². The maximum atomic E-state index is 12.2. The smallest absolute Gasteiger partial charge is 0.252 e. The average molecular weight is 416 g/mol. The lowest BCUT2D eigenvalue weighted by Crippen LogP contribution is -2.16. The van der Waals surface area contributed by atoms with Gasteiger partial charge in [-0.05, 0) is 55.0 Å². The molecule has 1 amide bonds. The summed E-state index contributed by atoms with van der Waals surface area (Å²) in [7, 11) is 1.59. The van der Waals surface area contributed by atoms with Gasteiger partial charge < -0.3 is 15.0 Å². The third-order valence-corrected chi connectivity index (χ3v) is 5.02. The van der Waals surface area contributed by atoms with Crippen molar-refractivity contribution >= 4 is 35.0 Å². The van der Waals surface area contributed by atoms with Crippen molar-refractivity contribution in [3.63, 3.8) is 0 Å². The molecule has 0 aliphatic carbocycles. The monoisotopic (exact) mass is 415 g/mol. The van der Waals surface area contributed by atoms with Crippen molar-refractivity contribution in [3.05, 3.63) is 69.5 Å². The SMILES string of the molecule is COc1ccc(-c2cc(=O)[nH]c(SCC(=O)Nc3ccc(Cl)cc3C)n2)cc1. The van der Waals surface area contributed by atoms with Crippen LogP contribution in [0.1, 0.15) is 5.56 Å². The number of ether oxygens (including phenoxy) is 1. The van der Waals surface area contributed by atoms with E-state index in [1.165, 1.54) is 6.07 Å². The van der Waals surface area contributed by atoms with Crippen LogP contribution in [0.25, 0.3) is 11.3 Å². The molecule has 1 heterocycles. The van der Waals surface area contributed by atoms with Crippen LogP contribution in [0.15, 0.2) is 58.5 Å². The first-order chi connectivity index (χ1) is 13.4.